The van der Waals surface area contributed by atoms with Crippen molar-refractivity contribution in [1.29, 1.82) is 0 Å². The minimum absolute atomic E-state index is 0.0791. The van der Waals surface area contributed by atoms with Crippen LogP contribution in [0.2, 0.25) is 0 Å². The number of piperazine rings is 1. The van der Waals surface area contributed by atoms with Crippen molar-refractivity contribution < 1.29 is 4.79 Å². The molecule has 0 spiro atoms. The van der Waals surface area contributed by atoms with E-state index in [0.29, 0.717) is 5.92 Å². The van der Waals surface area contributed by atoms with E-state index < -0.39 is 0 Å². The average Bonchev–Trinajstić information content (AvgIpc) is 3.21. The van der Waals surface area contributed by atoms with Crippen LogP contribution in [0.5, 0.6) is 0 Å². The van der Waals surface area contributed by atoms with Gasteiger partial charge in [-0.2, -0.15) is 0 Å². The van der Waals surface area contributed by atoms with Crippen molar-refractivity contribution in [3.63, 3.8) is 0 Å². The molecule has 0 N–H and O–H groups in total. The molecule has 4 nitrogen and oxygen atoms in total. The van der Waals surface area contributed by atoms with Gasteiger partial charge in [0.05, 0.1) is 0 Å². The third kappa shape index (κ3) is 5.57. The summed E-state index contributed by atoms with van der Waals surface area (Å²) in [4.78, 5) is 17.6. The highest BCUT2D eigenvalue weighted by Crippen LogP contribution is 2.21. The summed E-state index contributed by atoms with van der Waals surface area (Å²) in [7, 11) is 0. The Kier molecular flexibility index (Phi) is 6.88. The second-order valence-corrected chi connectivity index (χ2v) is 7.71. The summed E-state index contributed by atoms with van der Waals surface area (Å²) in [6, 6.07) is 14.3. The highest BCUT2D eigenvalue weighted by Gasteiger charge is 2.28. The van der Waals surface area contributed by atoms with Gasteiger partial charge in [-0.05, 0) is 30.0 Å². The van der Waals surface area contributed by atoms with Crippen LogP contribution in [-0.4, -0.2) is 53.0 Å². The van der Waals surface area contributed by atoms with Gasteiger partial charge in [0, 0.05) is 45.1 Å². The second kappa shape index (κ2) is 9.56. The average molecular weight is 366 g/mol. The Balaban J connectivity index is 1.51. The van der Waals surface area contributed by atoms with Gasteiger partial charge in [-0.25, -0.2) is 0 Å². The van der Waals surface area contributed by atoms with E-state index in [2.05, 4.69) is 59.7 Å². The summed E-state index contributed by atoms with van der Waals surface area (Å²) in [5.74, 6) is 0.755. The normalized spacial score (nSPS) is 16.9. The molecule has 144 valence electrons. The molecular formula is C23H31N3O. The van der Waals surface area contributed by atoms with Gasteiger partial charge in [-0.15, -0.1) is 0 Å². The van der Waals surface area contributed by atoms with Crippen molar-refractivity contribution in [2.75, 3.05) is 32.7 Å². The Labute approximate surface area is 163 Å². The predicted molar refractivity (Wildman–Crippen MR) is 111 cm³/mol. The fraction of sp³-hybridized carbons (Fsp3) is 0.435. The minimum Gasteiger partial charge on any atom is -0.342 e. The number of rotatable bonds is 7. The van der Waals surface area contributed by atoms with Crippen LogP contribution in [-0.2, 0) is 4.79 Å². The highest BCUT2D eigenvalue weighted by atomic mass is 16.2. The Morgan fingerprint density at radius 1 is 1.00 bits per heavy atom. The number of aromatic nitrogens is 1. The van der Waals surface area contributed by atoms with E-state index >= 15 is 0 Å². The molecule has 1 aromatic carbocycles. The molecule has 0 bridgehead atoms. The van der Waals surface area contributed by atoms with Crippen LogP contribution in [0.25, 0.3) is 6.08 Å². The van der Waals surface area contributed by atoms with Gasteiger partial charge in [-0.1, -0.05) is 56.3 Å². The van der Waals surface area contributed by atoms with Crippen LogP contribution >= 0.6 is 0 Å². The molecule has 1 atom stereocenters. The van der Waals surface area contributed by atoms with Gasteiger partial charge in [0.2, 0.25) is 5.91 Å². The maximum Gasteiger partial charge on any atom is 0.245 e. The topological polar surface area (TPSA) is 28.5 Å². The maximum atomic E-state index is 13.1. The quantitative estimate of drug-likeness (QED) is 0.744. The number of carbonyl (C=O) groups excluding carboxylic acids is 1. The van der Waals surface area contributed by atoms with Crippen LogP contribution in [0.4, 0.5) is 0 Å². The lowest BCUT2D eigenvalue weighted by atomic mass is 10.0. The predicted octanol–water partition coefficient (Wildman–Crippen LogP) is 3.93. The lowest BCUT2D eigenvalue weighted by Gasteiger charge is -2.36. The van der Waals surface area contributed by atoms with E-state index in [-0.39, 0.29) is 11.9 Å². The summed E-state index contributed by atoms with van der Waals surface area (Å²) in [5.41, 5.74) is 1.23. The van der Waals surface area contributed by atoms with Crippen molar-refractivity contribution in [3.8, 4) is 0 Å². The van der Waals surface area contributed by atoms with E-state index in [1.807, 2.05) is 35.5 Å². The molecule has 1 saturated heterocycles. The van der Waals surface area contributed by atoms with Crippen molar-refractivity contribution in [2.45, 2.75) is 26.3 Å². The van der Waals surface area contributed by atoms with Crippen molar-refractivity contribution in [3.05, 3.63) is 66.5 Å². The van der Waals surface area contributed by atoms with Gasteiger partial charge >= 0.3 is 0 Å². The molecule has 4 heteroatoms. The lowest BCUT2D eigenvalue weighted by molar-refractivity contribution is -0.137. The first-order chi connectivity index (χ1) is 13.1. The Morgan fingerprint density at radius 2 is 1.67 bits per heavy atom. The lowest BCUT2D eigenvalue weighted by Crippen LogP contribution is -2.50. The van der Waals surface area contributed by atoms with E-state index in [9.17, 15) is 4.79 Å². The third-order valence-electron chi connectivity index (χ3n) is 5.12. The van der Waals surface area contributed by atoms with Crippen molar-refractivity contribution >= 4 is 12.0 Å². The highest BCUT2D eigenvalue weighted by molar-refractivity contribution is 5.80. The summed E-state index contributed by atoms with van der Waals surface area (Å²) in [5, 5.41) is 0. The van der Waals surface area contributed by atoms with Crippen LogP contribution in [0.3, 0.4) is 0 Å². The van der Waals surface area contributed by atoms with Crippen LogP contribution in [0.1, 0.15) is 31.9 Å². The van der Waals surface area contributed by atoms with Gasteiger partial charge in [-0.3, -0.25) is 9.69 Å². The zero-order valence-corrected chi connectivity index (χ0v) is 16.5. The molecule has 0 radical (unpaired) electrons. The summed E-state index contributed by atoms with van der Waals surface area (Å²) in [6.07, 6.45) is 9.29. The molecule has 0 saturated carbocycles. The number of carbonyl (C=O) groups is 1. The number of amides is 1. The second-order valence-electron chi connectivity index (χ2n) is 7.71. The van der Waals surface area contributed by atoms with Crippen LogP contribution in [0, 0.1) is 5.92 Å². The largest absolute Gasteiger partial charge is 0.342 e. The minimum atomic E-state index is -0.0791. The molecule has 1 amide bonds. The smallest absolute Gasteiger partial charge is 0.245 e. The molecule has 0 aliphatic carbocycles. The van der Waals surface area contributed by atoms with Gasteiger partial charge in [0.25, 0.3) is 0 Å². The van der Waals surface area contributed by atoms with Crippen LogP contribution in [0.15, 0.2) is 60.9 Å². The van der Waals surface area contributed by atoms with E-state index in [4.69, 9.17) is 0 Å². The monoisotopic (exact) mass is 365 g/mol. The molecule has 3 rings (SSSR count). The van der Waals surface area contributed by atoms with Crippen molar-refractivity contribution in [1.82, 2.24) is 14.4 Å². The van der Waals surface area contributed by atoms with Gasteiger partial charge in [0.1, 0.15) is 6.04 Å². The first-order valence-electron chi connectivity index (χ1n) is 9.98. The summed E-state index contributed by atoms with van der Waals surface area (Å²) in [6.45, 7) is 8.79. The standard InChI is InChI=1S/C23H31N3O/c1-20(2)19-22(25-13-6-7-14-25)23(27)26-17-15-24(16-18-26)12-8-11-21-9-4-3-5-10-21/h3-11,13-14,20,22H,12,15-19H2,1-2H3/b11-8+/t22-/m0/s1. The summed E-state index contributed by atoms with van der Waals surface area (Å²) < 4.78 is 2.07. The number of hydrogen-bond donors (Lipinski definition) is 0. The Morgan fingerprint density at radius 3 is 2.30 bits per heavy atom. The molecule has 1 aliphatic heterocycles. The van der Waals surface area contributed by atoms with E-state index in [1.54, 1.807) is 0 Å². The molecule has 0 unspecified atom stereocenters. The van der Waals surface area contributed by atoms with E-state index in [1.165, 1.54) is 5.56 Å². The first-order valence-corrected chi connectivity index (χ1v) is 9.98. The number of nitrogens with zero attached hydrogens (tertiary/aromatic N) is 3. The number of benzene rings is 1. The Hall–Kier alpha value is -2.33. The fourth-order valence-electron chi connectivity index (χ4n) is 3.62. The molecule has 2 aromatic rings. The zero-order valence-electron chi connectivity index (χ0n) is 16.5. The van der Waals surface area contributed by atoms with Gasteiger partial charge in [0.15, 0.2) is 0 Å². The summed E-state index contributed by atoms with van der Waals surface area (Å²) >= 11 is 0. The van der Waals surface area contributed by atoms with Gasteiger partial charge < -0.3 is 9.47 Å². The third-order valence-corrected chi connectivity index (χ3v) is 5.12. The molecule has 1 fully saturated rings. The molecule has 1 aliphatic rings. The fourth-order valence-corrected chi connectivity index (χ4v) is 3.62. The SMILES string of the molecule is CC(C)C[C@@H](C(=O)N1CCN(C/C=C/c2ccccc2)CC1)n1cccc1. The number of hydrogen-bond acceptors (Lipinski definition) is 2. The van der Waals surface area contributed by atoms with Crippen LogP contribution < -0.4 is 0 Å². The molecule has 2 heterocycles. The van der Waals surface area contributed by atoms with Crippen molar-refractivity contribution in [2.24, 2.45) is 5.92 Å². The first kappa shape index (κ1) is 19.4. The Bertz CT molecular complexity index is 713. The molecule has 27 heavy (non-hydrogen) atoms. The molecular weight excluding hydrogens is 334 g/mol. The van der Waals surface area contributed by atoms with E-state index in [0.717, 1.165) is 39.1 Å². The molecule has 1 aromatic heterocycles. The maximum absolute atomic E-state index is 13.1. The zero-order chi connectivity index (χ0) is 19.1.